The first-order valence-electron chi connectivity index (χ1n) is 18.3. The highest BCUT2D eigenvalue weighted by Gasteiger charge is 2.38. The maximum Gasteiger partial charge on any atom is 0.160 e. The average molecular weight is 677 g/mol. The average Bonchev–Trinajstić information content (AvgIpc) is 3.47. The second-order valence-corrected chi connectivity index (χ2v) is 14.5. The van der Waals surface area contributed by atoms with Crippen LogP contribution in [0.1, 0.15) is 25.0 Å². The molecular formula is C51H36N2. The standard InChI is InChI=1S/C51H36N2/c1-51(2)44-23-13-22-43(49(44)48-38-19-10-9-16-35(38)28-31-45(48)51)41-29-30-42(40-21-12-11-20-39(40)41)47-32-46(52-50(53-47)37-17-7-4-8-18-37)36-26-24-34(25-27-36)33-14-5-3-6-15-33/h3-32H,1-2H3. The number of benzene rings is 8. The van der Waals surface area contributed by atoms with Gasteiger partial charge in [0.25, 0.3) is 0 Å². The summed E-state index contributed by atoms with van der Waals surface area (Å²) in [4.78, 5) is 10.4. The second-order valence-electron chi connectivity index (χ2n) is 14.5. The van der Waals surface area contributed by atoms with Crippen LogP contribution >= 0.6 is 0 Å². The van der Waals surface area contributed by atoms with Crippen LogP contribution in [0.25, 0.3) is 88.8 Å². The molecule has 1 aromatic heterocycles. The number of hydrogen-bond acceptors (Lipinski definition) is 2. The fourth-order valence-electron chi connectivity index (χ4n) is 8.44. The number of nitrogens with zero attached hydrogens (tertiary/aromatic N) is 2. The lowest BCUT2D eigenvalue weighted by Gasteiger charge is -2.22. The molecule has 1 aliphatic carbocycles. The van der Waals surface area contributed by atoms with Crippen molar-refractivity contribution in [3.8, 4) is 67.3 Å². The Balaban J connectivity index is 1.16. The van der Waals surface area contributed by atoms with E-state index in [2.05, 4.69) is 178 Å². The normalized spacial score (nSPS) is 12.9. The van der Waals surface area contributed by atoms with E-state index < -0.39 is 0 Å². The van der Waals surface area contributed by atoms with Crippen molar-refractivity contribution in [3.05, 3.63) is 193 Å². The Hall–Kier alpha value is -6.64. The van der Waals surface area contributed by atoms with Crippen LogP contribution in [0.3, 0.4) is 0 Å². The van der Waals surface area contributed by atoms with Crippen LogP contribution in [-0.2, 0) is 5.41 Å². The number of hydrogen-bond donors (Lipinski definition) is 0. The molecule has 0 aliphatic heterocycles. The van der Waals surface area contributed by atoms with E-state index >= 15 is 0 Å². The molecule has 0 saturated carbocycles. The van der Waals surface area contributed by atoms with Gasteiger partial charge in [-0.25, -0.2) is 9.97 Å². The summed E-state index contributed by atoms with van der Waals surface area (Å²) in [5.41, 5.74) is 15.2. The van der Waals surface area contributed by atoms with Crippen molar-refractivity contribution in [1.29, 1.82) is 0 Å². The fraction of sp³-hybridized carbons (Fsp3) is 0.0588. The smallest absolute Gasteiger partial charge is 0.160 e. The molecule has 1 aliphatic rings. The molecule has 9 aromatic rings. The molecule has 2 heteroatoms. The van der Waals surface area contributed by atoms with Crippen molar-refractivity contribution in [1.82, 2.24) is 9.97 Å². The van der Waals surface area contributed by atoms with E-state index in [9.17, 15) is 0 Å². The molecule has 0 unspecified atom stereocenters. The Bertz CT molecular complexity index is 2830. The van der Waals surface area contributed by atoms with Gasteiger partial charge in [0.15, 0.2) is 5.82 Å². The minimum Gasteiger partial charge on any atom is -0.228 e. The molecule has 53 heavy (non-hydrogen) atoms. The lowest BCUT2D eigenvalue weighted by molar-refractivity contribution is 0.661. The Morgan fingerprint density at radius 2 is 0.925 bits per heavy atom. The summed E-state index contributed by atoms with van der Waals surface area (Å²) in [7, 11) is 0. The molecule has 0 spiro atoms. The Labute approximate surface area is 310 Å². The Morgan fingerprint density at radius 1 is 0.358 bits per heavy atom. The maximum absolute atomic E-state index is 5.25. The van der Waals surface area contributed by atoms with Gasteiger partial charge in [0.2, 0.25) is 0 Å². The summed E-state index contributed by atoms with van der Waals surface area (Å²) >= 11 is 0. The van der Waals surface area contributed by atoms with Crippen LogP contribution in [0.2, 0.25) is 0 Å². The molecule has 0 atom stereocenters. The molecule has 250 valence electrons. The minimum absolute atomic E-state index is 0.106. The van der Waals surface area contributed by atoms with Crippen LogP contribution < -0.4 is 0 Å². The van der Waals surface area contributed by atoms with E-state index in [-0.39, 0.29) is 5.41 Å². The van der Waals surface area contributed by atoms with Gasteiger partial charge >= 0.3 is 0 Å². The first-order chi connectivity index (χ1) is 26.0. The SMILES string of the molecule is CC1(C)c2cccc(-c3ccc(-c4cc(-c5ccc(-c6ccccc6)cc5)nc(-c5ccccc5)n4)c4ccccc34)c2-c2c1ccc1ccccc21. The highest BCUT2D eigenvalue weighted by atomic mass is 14.9. The van der Waals surface area contributed by atoms with E-state index in [0.717, 1.165) is 28.1 Å². The maximum atomic E-state index is 5.25. The van der Waals surface area contributed by atoms with Gasteiger partial charge in [0, 0.05) is 22.1 Å². The van der Waals surface area contributed by atoms with Crippen LogP contribution in [0.5, 0.6) is 0 Å². The van der Waals surface area contributed by atoms with E-state index in [1.807, 2.05) is 18.2 Å². The summed E-state index contributed by atoms with van der Waals surface area (Å²) in [6.45, 7) is 4.73. The lowest BCUT2D eigenvalue weighted by atomic mass is 9.81. The molecule has 0 amide bonds. The molecule has 8 aromatic carbocycles. The Morgan fingerprint density at radius 3 is 1.68 bits per heavy atom. The monoisotopic (exact) mass is 676 g/mol. The summed E-state index contributed by atoms with van der Waals surface area (Å²) in [5.74, 6) is 0.713. The molecule has 0 radical (unpaired) electrons. The van der Waals surface area contributed by atoms with Gasteiger partial charge in [-0.05, 0) is 72.1 Å². The van der Waals surface area contributed by atoms with Crippen LogP contribution in [0.4, 0.5) is 0 Å². The number of fused-ring (bicyclic) bond motifs is 6. The van der Waals surface area contributed by atoms with Crippen molar-refractivity contribution in [3.63, 3.8) is 0 Å². The van der Waals surface area contributed by atoms with Crippen molar-refractivity contribution in [2.24, 2.45) is 0 Å². The number of aromatic nitrogens is 2. The van der Waals surface area contributed by atoms with E-state index in [4.69, 9.17) is 9.97 Å². The van der Waals surface area contributed by atoms with Crippen molar-refractivity contribution in [2.45, 2.75) is 19.3 Å². The lowest BCUT2D eigenvalue weighted by Crippen LogP contribution is -2.14. The van der Waals surface area contributed by atoms with Gasteiger partial charge in [0.1, 0.15) is 0 Å². The quantitative estimate of drug-likeness (QED) is 0.181. The third kappa shape index (κ3) is 5.10. The predicted octanol–water partition coefficient (Wildman–Crippen LogP) is 13.4. The molecule has 0 fully saturated rings. The van der Waals surface area contributed by atoms with Gasteiger partial charge in [-0.2, -0.15) is 0 Å². The van der Waals surface area contributed by atoms with Crippen molar-refractivity contribution in [2.75, 3.05) is 0 Å². The minimum atomic E-state index is -0.106. The van der Waals surface area contributed by atoms with Gasteiger partial charge in [-0.1, -0.05) is 190 Å². The molecule has 10 rings (SSSR count). The summed E-state index contributed by atoms with van der Waals surface area (Å²) in [5, 5.41) is 4.96. The molecular weight excluding hydrogens is 641 g/mol. The van der Waals surface area contributed by atoms with Crippen LogP contribution in [0.15, 0.2) is 182 Å². The third-order valence-electron chi connectivity index (χ3n) is 11.1. The molecule has 0 saturated heterocycles. The Kier molecular flexibility index (Phi) is 7.19. The predicted molar refractivity (Wildman–Crippen MR) is 222 cm³/mol. The van der Waals surface area contributed by atoms with Gasteiger partial charge in [-0.15, -0.1) is 0 Å². The zero-order valence-corrected chi connectivity index (χ0v) is 29.7. The largest absolute Gasteiger partial charge is 0.228 e. The van der Waals surface area contributed by atoms with Crippen LogP contribution in [-0.4, -0.2) is 9.97 Å². The number of rotatable bonds is 5. The highest BCUT2D eigenvalue weighted by Crippen LogP contribution is 2.55. The fourth-order valence-corrected chi connectivity index (χ4v) is 8.44. The van der Waals surface area contributed by atoms with Crippen molar-refractivity contribution >= 4 is 21.5 Å². The first kappa shape index (κ1) is 31.1. The summed E-state index contributed by atoms with van der Waals surface area (Å²) < 4.78 is 0. The van der Waals surface area contributed by atoms with E-state index in [1.54, 1.807) is 0 Å². The van der Waals surface area contributed by atoms with Gasteiger partial charge in [0.05, 0.1) is 11.4 Å². The first-order valence-corrected chi connectivity index (χ1v) is 18.3. The van der Waals surface area contributed by atoms with Crippen LogP contribution in [0, 0.1) is 0 Å². The highest BCUT2D eigenvalue weighted by molar-refractivity contribution is 6.11. The molecule has 0 N–H and O–H groups in total. The molecule has 1 heterocycles. The van der Waals surface area contributed by atoms with E-state index in [1.165, 1.54) is 66.1 Å². The third-order valence-corrected chi connectivity index (χ3v) is 11.1. The zero-order chi connectivity index (χ0) is 35.5. The zero-order valence-electron chi connectivity index (χ0n) is 29.7. The second kappa shape index (κ2) is 12.3. The summed E-state index contributed by atoms with van der Waals surface area (Å²) in [6, 6.07) is 65.3. The molecule has 2 nitrogen and oxygen atoms in total. The van der Waals surface area contributed by atoms with Gasteiger partial charge < -0.3 is 0 Å². The van der Waals surface area contributed by atoms with Gasteiger partial charge in [-0.3, -0.25) is 0 Å². The molecule has 0 bridgehead atoms. The van der Waals surface area contributed by atoms with E-state index in [0.29, 0.717) is 5.82 Å². The van der Waals surface area contributed by atoms with Crippen molar-refractivity contribution < 1.29 is 0 Å². The summed E-state index contributed by atoms with van der Waals surface area (Å²) in [6.07, 6.45) is 0. The topological polar surface area (TPSA) is 25.8 Å².